The Hall–Kier alpha value is -4.02. The number of aliphatic hydroxyl groups is 1. The van der Waals surface area contributed by atoms with Crippen LogP contribution >= 0.6 is 0 Å². The highest BCUT2D eigenvalue weighted by atomic mass is 16.3. The molecule has 0 unspecified atom stereocenters. The van der Waals surface area contributed by atoms with Crippen LogP contribution in [0.15, 0.2) is 61.3 Å². The number of amides is 1. The van der Waals surface area contributed by atoms with Gasteiger partial charge in [-0.2, -0.15) is 4.98 Å². The molecule has 2 aromatic heterocycles. The van der Waals surface area contributed by atoms with Crippen LogP contribution in [-0.4, -0.2) is 70.6 Å². The molecule has 10 heteroatoms. The number of carbonyl (C=O) groups excluding carboxylic acids is 1. The molecule has 0 bridgehead atoms. The van der Waals surface area contributed by atoms with Crippen molar-refractivity contribution in [3.63, 3.8) is 0 Å². The van der Waals surface area contributed by atoms with Gasteiger partial charge in [0.25, 0.3) is 5.91 Å². The van der Waals surface area contributed by atoms with Gasteiger partial charge in [0.1, 0.15) is 22.8 Å². The Bertz CT molecular complexity index is 1230. The smallest absolute Gasteiger partial charge is 0.256 e. The first kappa shape index (κ1) is 26.1. The Balaban J connectivity index is 1.56. The van der Waals surface area contributed by atoms with Crippen LogP contribution in [0.25, 0.3) is 0 Å². The summed E-state index contributed by atoms with van der Waals surface area (Å²) in [4.78, 5) is 30.8. The van der Waals surface area contributed by atoms with Gasteiger partial charge in [0.2, 0.25) is 5.95 Å². The Kier molecular flexibility index (Phi) is 8.00. The van der Waals surface area contributed by atoms with Gasteiger partial charge in [-0.1, -0.05) is 12.1 Å². The summed E-state index contributed by atoms with van der Waals surface area (Å²) < 4.78 is 0. The number of rotatable bonds is 9. The summed E-state index contributed by atoms with van der Waals surface area (Å²) in [6, 6.07) is 13.4. The molecule has 1 fully saturated rings. The number of piperazine rings is 1. The number of benzene rings is 1. The Morgan fingerprint density at radius 1 is 1.08 bits per heavy atom. The third-order valence-electron chi connectivity index (χ3n) is 6.05. The van der Waals surface area contributed by atoms with E-state index in [9.17, 15) is 9.90 Å². The molecule has 37 heavy (non-hydrogen) atoms. The van der Waals surface area contributed by atoms with E-state index in [1.54, 1.807) is 38.1 Å². The fraction of sp³-hybridized carbons (Fsp3) is 0.333. The average Bonchev–Trinajstić information content (AvgIpc) is 2.88. The molecule has 1 aliphatic rings. The number of pyridine rings is 1. The van der Waals surface area contributed by atoms with Crippen molar-refractivity contribution < 1.29 is 9.90 Å². The third kappa shape index (κ3) is 6.81. The van der Waals surface area contributed by atoms with Crippen molar-refractivity contribution >= 4 is 34.9 Å². The zero-order chi connectivity index (χ0) is 26.4. The van der Waals surface area contributed by atoms with Crippen LogP contribution in [0.2, 0.25) is 0 Å². The minimum absolute atomic E-state index is 0.258. The second-order valence-electron chi connectivity index (χ2n) is 9.51. The Labute approximate surface area is 217 Å². The van der Waals surface area contributed by atoms with Crippen molar-refractivity contribution in [3.05, 3.63) is 72.6 Å². The van der Waals surface area contributed by atoms with Gasteiger partial charge in [0.05, 0.1) is 5.69 Å². The zero-order valence-electron chi connectivity index (χ0n) is 21.5. The molecule has 3 aromatic rings. The van der Waals surface area contributed by atoms with E-state index < -0.39 is 5.60 Å². The normalized spacial score (nSPS) is 14.2. The lowest BCUT2D eigenvalue weighted by Crippen LogP contribution is -2.44. The van der Waals surface area contributed by atoms with Gasteiger partial charge in [0.15, 0.2) is 0 Å². The molecule has 1 amide bonds. The van der Waals surface area contributed by atoms with E-state index >= 15 is 0 Å². The molecule has 0 atom stereocenters. The molecule has 1 saturated heterocycles. The molecule has 1 aliphatic heterocycles. The molecule has 3 heterocycles. The molecule has 0 radical (unpaired) electrons. The summed E-state index contributed by atoms with van der Waals surface area (Å²) in [6.07, 6.45) is 3.07. The van der Waals surface area contributed by atoms with Gasteiger partial charge in [-0.15, -0.1) is 6.58 Å². The minimum Gasteiger partial charge on any atom is -0.384 e. The highest BCUT2D eigenvalue weighted by Crippen LogP contribution is 2.25. The topological polar surface area (TPSA) is 119 Å². The zero-order valence-corrected chi connectivity index (χ0v) is 21.5. The van der Waals surface area contributed by atoms with Crippen LogP contribution in [0.5, 0.6) is 0 Å². The van der Waals surface area contributed by atoms with Crippen molar-refractivity contribution in [3.8, 4) is 0 Å². The van der Waals surface area contributed by atoms with Gasteiger partial charge in [-0.25, -0.2) is 9.97 Å². The van der Waals surface area contributed by atoms with Crippen molar-refractivity contribution in [1.82, 2.24) is 25.2 Å². The second kappa shape index (κ2) is 11.4. The maximum Gasteiger partial charge on any atom is 0.256 e. The predicted molar refractivity (Wildman–Crippen MR) is 147 cm³/mol. The SMILES string of the molecule is C=CCNC(=O)c1cnc(Nc2ccc(N3CCN(C)CC3)cc2)nc1Nc1cccc(C(C)(C)O)n1. The quantitative estimate of drug-likeness (QED) is 0.327. The average molecular weight is 503 g/mol. The number of likely N-dealkylation sites (N-methyl/N-ethyl adjacent to an activating group) is 1. The summed E-state index contributed by atoms with van der Waals surface area (Å²) in [7, 11) is 2.14. The number of carbonyl (C=O) groups is 1. The molecule has 0 spiro atoms. The number of anilines is 5. The van der Waals surface area contributed by atoms with E-state index in [1.165, 1.54) is 11.9 Å². The van der Waals surface area contributed by atoms with Crippen LogP contribution < -0.4 is 20.9 Å². The maximum absolute atomic E-state index is 12.8. The Morgan fingerprint density at radius 2 is 1.81 bits per heavy atom. The van der Waals surface area contributed by atoms with Crippen molar-refractivity contribution in [2.24, 2.45) is 0 Å². The summed E-state index contributed by atoms with van der Waals surface area (Å²) >= 11 is 0. The molecule has 0 aliphatic carbocycles. The number of hydrogen-bond acceptors (Lipinski definition) is 9. The maximum atomic E-state index is 12.8. The summed E-state index contributed by atoms with van der Waals surface area (Å²) in [6.45, 7) is 11.4. The van der Waals surface area contributed by atoms with Crippen LogP contribution in [0, 0.1) is 0 Å². The third-order valence-corrected chi connectivity index (χ3v) is 6.05. The lowest BCUT2D eigenvalue weighted by Gasteiger charge is -2.34. The van der Waals surface area contributed by atoms with Crippen LogP contribution in [0.3, 0.4) is 0 Å². The van der Waals surface area contributed by atoms with E-state index in [0.29, 0.717) is 24.0 Å². The molecule has 10 nitrogen and oxygen atoms in total. The minimum atomic E-state index is -1.11. The first-order chi connectivity index (χ1) is 17.7. The summed E-state index contributed by atoms with van der Waals surface area (Å²) in [5.74, 6) is 0.713. The molecular formula is C27H34N8O2. The standard InChI is InChI=1S/C27H34N8O2/c1-5-13-28-25(36)21-18-29-26(33-24(21)32-23-8-6-7-22(31-23)27(2,3)37)30-19-9-11-20(12-10-19)35-16-14-34(4)15-17-35/h5-12,18,37H,1,13-17H2,2-4H3,(H,28,36)(H2,29,30,31,32,33). The van der Waals surface area contributed by atoms with E-state index in [2.05, 4.69) is 66.5 Å². The first-order valence-electron chi connectivity index (χ1n) is 12.3. The molecule has 1 aromatic carbocycles. The molecule has 4 N–H and O–H groups in total. The fourth-order valence-electron chi connectivity index (χ4n) is 3.88. The van der Waals surface area contributed by atoms with E-state index in [0.717, 1.165) is 31.9 Å². The van der Waals surface area contributed by atoms with Crippen LogP contribution in [-0.2, 0) is 5.60 Å². The second-order valence-corrected chi connectivity index (χ2v) is 9.51. The fourth-order valence-corrected chi connectivity index (χ4v) is 3.88. The number of nitrogens with one attached hydrogen (secondary N) is 3. The van der Waals surface area contributed by atoms with Crippen LogP contribution in [0.4, 0.5) is 29.0 Å². The van der Waals surface area contributed by atoms with Crippen LogP contribution in [0.1, 0.15) is 29.9 Å². The van der Waals surface area contributed by atoms with E-state index in [-0.39, 0.29) is 17.3 Å². The van der Waals surface area contributed by atoms with Crippen molar-refractivity contribution in [2.45, 2.75) is 19.4 Å². The molecule has 194 valence electrons. The lowest BCUT2D eigenvalue weighted by molar-refractivity contribution is 0.0740. The monoisotopic (exact) mass is 502 g/mol. The van der Waals surface area contributed by atoms with E-state index in [1.807, 2.05) is 12.1 Å². The number of aromatic nitrogens is 3. The predicted octanol–water partition coefficient (Wildman–Crippen LogP) is 3.25. The van der Waals surface area contributed by atoms with Gasteiger partial charge >= 0.3 is 0 Å². The van der Waals surface area contributed by atoms with Gasteiger partial charge in [-0.05, 0) is 57.3 Å². The Morgan fingerprint density at radius 3 is 2.49 bits per heavy atom. The molecular weight excluding hydrogens is 468 g/mol. The van der Waals surface area contributed by atoms with Gasteiger partial charge in [0, 0.05) is 50.3 Å². The number of hydrogen-bond donors (Lipinski definition) is 4. The molecule has 4 rings (SSSR count). The highest BCUT2D eigenvalue weighted by molar-refractivity contribution is 5.99. The molecule has 0 saturated carbocycles. The van der Waals surface area contributed by atoms with E-state index in [4.69, 9.17) is 0 Å². The number of nitrogens with zero attached hydrogens (tertiary/aromatic N) is 5. The van der Waals surface area contributed by atoms with Crippen molar-refractivity contribution in [1.29, 1.82) is 0 Å². The van der Waals surface area contributed by atoms with Crippen molar-refractivity contribution in [2.75, 3.05) is 55.3 Å². The first-order valence-corrected chi connectivity index (χ1v) is 12.3. The summed E-state index contributed by atoms with van der Waals surface area (Å²) in [5.41, 5.74) is 1.64. The summed E-state index contributed by atoms with van der Waals surface area (Å²) in [5, 5.41) is 19.4. The lowest BCUT2D eigenvalue weighted by atomic mass is 10.1. The largest absolute Gasteiger partial charge is 0.384 e. The highest BCUT2D eigenvalue weighted by Gasteiger charge is 2.20. The van der Waals surface area contributed by atoms with Gasteiger partial charge in [-0.3, -0.25) is 4.79 Å². The van der Waals surface area contributed by atoms with Gasteiger partial charge < -0.3 is 30.9 Å².